The fraction of sp³-hybridized carbons (Fsp3) is 0.387. The number of nitrogens with zero attached hydrogens (tertiary/aromatic N) is 5. The smallest absolute Gasteiger partial charge is 0.276 e. The Balaban J connectivity index is 1.30. The minimum absolute atomic E-state index is 0.0190. The van der Waals surface area contributed by atoms with Crippen LogP contribution >= 0.6 is 0 Å². The van der Waals surface area contributed by atoms with Crippen molar-refractivity contribution in [3.63, 3.8) is 0 Å². The molecule has 1 aliphatic carbocycles. The number of aryl methyl sites for hydroxylation is 1. The van der Waals surface area contributed by atoms with Gasteiger partial charge in [0.2, 0.25) is 5.91 Å². The number of aliphatic hydroxyl groups excluding tert-OH is 1. The number of hydrogen-bond donors (Lipinski definition) is 4. The van der Waals surface area contributed by atoms with Crippen molar-refractivity contribution in [1.29, 1.82) is 5.41 Å². The summed E-state index contributed by atoms with van der Waals surface area (Å²) in [5, 5.41) is 24.8. The fourth-order valence-electron chi connectivity index (χ4n) is 6.38. The van der Waals surface area contributed by atoms with E-state index in [0.29, 0.717) is 53.5 Å². The first-order chi connectivity index (χ1) is 20.5. The minimum atomic E-state index is -0.362. The Morgan fingerprint density at radius 1 is 1.19 bits per heavy atom. The van der Waals surface area contributed by atoms with Gasteiger partial charge in [0.15, 0.2) is 0 Å². The van der Waals surface area contributed by atoms with Gasteiger partial charge in [-0.1, -0.05) is 13.8 Å². The molecule has 3 aromatic rings. The quantitative estimate of drug-likeness (QED) is 0.264. The van der Waals surface area contributed by atoms with E-state index in [1.54, 1.807) is 54.5 Å². The van der Waals surface area contributed by atoms with Gasteiger partial charge in [0.05, 0.1) is 19.7 Å². The third-order valence-corrected chi connectivity index (χ3v) is 8.45. The van der Waals surface area contributed by atoms with Gasteiger partial charge in [-0.25, -0.2) is 4.98 Å². The lowest BCUT2D eigenvalue weighted by molar-refractivity contribution is -0.129. The summed E-state index contributed by atoms with van der Waals surface area (Å²) in [6.45, 7) is 5.69. The largest absolute Gasteiger partial charge is 0.392 e. The molecule has 12 nitrogen and oxygen atoms in total. The molecular weight excluding hydrogens is 548 g/mol. The number of rotatable bonds is 5. The second kappa shape index (κ2) is 10.5. The summed E-state index contributed by atoms with van der Waals surface area (Å²) < 4.78 is 3.55. The number of piperazine rings is 1. The third kappa shape index (κ3) is 5.11. The summed E-state index contributed by atoms with van der Waals surface area (Å²) in [5.41, 5.74) is 5.55. The fourth-order valence-corrected chi connectivity index (χ4v) is 6.38. The molecular formula is C31H36N8O4. The van der Waals surface area contributed by atoms with Crippen molar-refractivity contribution in [2.45, 2.75) is 39.8 Å². The molecule has 0 saturated carbocycles. The zero-order valence-electron chi connectivity index (χ0n) is 24.8. The van der Waals surface area contributed by atoms with Crippen molar-refractivity contribution in [2.24, 2.45) is 12.5 Å². The maximum atomic E-state index is 13.7. The highest BCUT2D eigenvalue weighted by atomic mass is 16.3. The monoisotopic (exact) mass is 584 g/mol. The van der Waals surface area contributed by atoms with E-state index >= 15 is 0 Å². The summed E-state index contributed by atoms with van der Waals surface area (Å²) in [4.78, 5) is 46.2. The number of amides is 2. The molecule has 2 amide bonds. The van der Waals surface area contributed by atoms with E-state index in [2.05, 4.69) is 34.0 Å². The molecule has 0 aromatic carbocycles. The van der Waals surface area contributed by atoms with Gasteiger partial charge in [-0.3, -0.25) is 24.7 Å². The zero-order valence-corrected chi connectivity index (χ0v) is 24.8. The number of aliphatic hydroxyl groups is 1. The van der Waals surface area contributed by atoms with Crippen LogP contribution in [0.4, 0.5) is 11.5 Å². The maximum absolute atomic E-state index is 13.7. The lowest BCUT2D eigenvalue weighted by Crippen LogP contribution is -2.44. The van der Waals surface area contributed by atoms with Crippen LogP contribution in [0.15, 0.2) is 47.2 Å². The van der Waals surface area contributed by atoms with Gasteiger partial charge < -0.3 is 29.8 Å². The Bertz CT molecular complexity index is 1770. The third-order valence-electron chi connectivity index (χ3n) is 8.45. The number of carbonyl (C=O) groups excluding carboxylic acids is 2. The van der Waals surface area contributed by atoms with Crippen LogP contribution in [0.1, 0.15) is 41.2 Å². The van der Waals surface area contributed by atoms with Crippen molar-refractivity contribution in [3.05, 3.63) is 75.2 Å². The topological polar surface area (TPSA) is 149 Å². The summed E-state index contributed by atoms with van der Waals surface area (Å²) in [6.07, 6.45) is 6.69. The predicted molar refractivity (Wildman–Crippen MR) is 163 cm³/mol. The first-order valence-electron chi connectivity index (χ1n) is 14.3. The van der Waals surface area contributed by atoms with Gasteiger partial charge >= 0.3 is 0 Å². The number of likely N-dealkylation sites (N-methyl/N-ethyl adjacent to an activating group) is 1. The summed E-state index contributed by atoms with van der Waals surface area (Å²) in [5.74, 6) is 0.184. The maximum Gasteiger partial charge on any atom is 0.276 e. The van der Waals surface area contributed by atoms with Crippen LogP contribution in [-0.4, -0.2) is 68.5 Å². The molecule has 0 bridgehead atoms. The highest BCUT2D eigenvalue weighted by Gasteiger charge is 2.37. The predicted octanol–water partition coefficient (Wildman–Crippen LogP) is 1.86. The van der Waals surface area contributed by atoms with E-state index in [1.807, 2.05) is 6.07 Å². The number of amidine groups is 1. The molecule has 12 heteroatoms. The van der Waals surface area contributed by atoms with Crippen LogP contribution in [-0.2, 0) is 37.8 Å². The van der Waals surface area contributed by atoms with Gasteiger partial charge in [0.1, 0.15) is 23.0 Å². The summed E-state index contributed by atoms with van der Waals surface area (Å²) in [6, 6.07) is 5.39. The van der Waals surface area contributed by atoms with Crippen LogP contribution in [0.5, 0.6) is 0 Å². The van der Waals surface area contributed by atoms with E-state index in [0.717, 1.165) is 12.8 Å². The average Bonchev–Trinajstić information content (AvgIpc) is 3.45. The molecule has 224 valence electrons. The number of aromatic nitrogens is 3. The van der Waals surface area contributed by atoms with Crippen LogP contribution < -0.4 is 21.1 Å². The second-order valence-electron chi connectivity index (χ2n) is 12.3. The second-order valence-corrected chi connectivity index (χ2v) is 12.3. The van der Waals surface area contributed by atoms with Gasteiger partial charge in [0.25, 0.3) is 11.5 Å². The van der Waals surface area contributed by atoms with Crippen molar-refractivity contribution >= 4 is 29.2 Å². The molecule has 0 radical (unpaired) electrons. The Labute approximate surface area is 249 Å². The zero-order chi connectivity index (χ0) is 30.6. The standard InChI is InChI=1S/C31H36N8O4/c1-31(2)12-18-10-24-30(43)39(8-7-38(24)25(18)13-31)28-22(17-40)21(5-6-33-28)19-9-23(29(42)37(4)15-19)35-26(32)11-20-16-36(3)27(41)14-34-20/h5-6,9-11,15,34,40H,7-8,12-14,16-17H2,1-4H3,(H2,32,35)/b20-11-. The lowest BCUT2D eigenvalue weighted by atomic mass is 9.90. The first-order valence-corrected chi connectivity index (χ1v) is 14.3. The van der Waals surface area contributed by atoms with Crippen molar-refractivity contribution in [1.82, 2.24) is 24.3 Å². The van der Waals surface area contributed by atoms with Crippen LogP contribution in [0.25, 0.3) is 11.1 Å². The highest BCUT2D eigenvalue weighted by Crippen LogP contribution is 2.40. The molecule has 0 unspecified atom stereocenters. The Kier molecular flexibility index (Phi) is 6.96. The number of fused-ring (bicyclic) bond motifs is 3. The van der Waals surface area contributed by atoms with Gasteiger partial charge in [0, 0.05) is 68.2 Å². The molecule has 3 aromatic heterocycles. The number of hydrogen-bond acceptors (Lipinski definition) is 7. The Hall–Kier alpha value is -4.71. The van der Waals surface area contributed by atoms with E-state index in [9.17, 15) is 19.5 Å². The van der Waals surface area contributed by atoms with Crippen molar-refractivity contribution in [3.8, 4) is 11.1 Å². The van der Waals surface area contributed by atoms with Gasteiger partial charge in [-0.2, -0.15) is 0 Å². The number of anilines is 2. The molecule has 1 fully saturated rings. The number of pyridine rings is 2. The molecule has 4 N–H and O–H groups in total. The van der Waals surface area contributed by atoms with Crippen molar-refractivity contribution < 1.29 is 14.7 Å². The molecule has 43 heavy (non-hydrogen) atoms. The molecule has 5 heterocycles. The van der Waals surface area contributed by atoms with E-state index in [4.69, 9.17) is 5.41 Å². The molecule has 3 aliphatic rings. The summed E-state index contributed by atoms with van der Waals surface area (Å²) >= 11 is 0. The highest BCUT2D eigenvalue weighted by molar-refractivity contribution is 6.06. The van der Waals surface area contributed by atoms with E-state index < -0.39 is 0 Å². The SMILES string of the molecule is CN1C/C(=C/C(=N)Nc2cc(-c3ccnc(N4CCn5c(cc6c5CC(C)(C)C6)C4=O)c3CO)cn(C)c2=O)NCC1=O. The molecule has 0 atom stereocenters. The van der Waals surface area contributed by atoms with Gasteiger partial charge in [-0.05, 0) is 47.6 Å². The van der Waals surface area contributed by atoms with E-state index in [-0.39, 0.29) is 47.5 Å². The minimum Gasteiger partial charge on any atom is -0.392 e. The number of carbonyl (C=O) groups is 2. The average molecular weight is 585 g/mol. The molecule has 2 aliphatic heterocycles. The Morgan fingerprint density at radius 2 is 1.98 bits per heavy atom. The molecule has 1 saturated heterocycles. The first kappa shape index (κ1) is 28.4. The van der Waals surface area contributed by atoms with Crippen molar-refractivity contribution in [2.75, 3.05) is 36.9 Å². The summed E-state index contributed by atoms with van der Waals surface area (Å²) in [7, 11) is 3.31. The van der Waals surface area contributed by atoms with Crippen LogP contribution in [0, 0.1) is 10.8 Å². The van der Waals surface area contributed by atoms with Gasteiger partial charge in [-0.15, -0.1) is 0 Å². The van der Waals surface area contributed by atoms with Crippen LogP contribution in [0.3, 0.4) is 0 Å². The molecule has 6 rings (SSSR count). The van der Waals surface area contributed by atoms with Crippen LogP contribution in [0.2, 0.25) is 0 Å². The molecule has 0 spiro atoms. The number of nitrogens with one attached hydrogen (secondary N) is 3. The van der Waals surface area contributed by atoms with E-state index in [1.165, 1.54) is 15.8 Å². The Morgan fingerprint density at radius 3 is 2.72 bits per heavy atom. The normalized spacial score (nSPS) is 18.5. The lowest BCUT2D eigenvalue weighted by Gasteiger charge is -2.31.